The summed E-state index contributed by atoms with van der Waals surface area (Å²) < 4.78 is 17.5. The number of aromatic nitrogens is 1. The summed E-state index contributed by atoms with van der Waals surface area (Å²) >= 11 is 0. The normalized spacial score (nSPS) is 11.1. The predicted molar refractivity (Wildman–Crippen MR) is 50.0 cm³/mol. The quantitative estimate of drug-likeness (QED) is 0.546. The van der Waals surface area contributed by atoms with Gasteiger partial charge in [-0.25, -0.2) is 4.79 Å². The second kappa shape index (κ2) is 5.11. The summed E-state index contributed by atoms with van der Waals surface area (Å²) in [5.41, 5.74) is 0.575. The summed E-state index contributed by atoms with van der Waals surface area (Å²) in [7, 11) is 0. The summed E-state index contributed by atoms with van der Waals surface area (Å²) in [5.74, 6) is -1.85. The van der Waals surface area contributed by atoms with Gasteiger partial charge in [0.2, 0.25) is 5.83 Å². The highest BCUT2D eigenvalue weighted by molar-refractivity contribution is 5.91. The average Bonchev–Trinajstić information content (AvgIpc) is 2.19. The van der Waals surface area contributed by atoms with Crippen molar-refractivity contribution in [3.8, 4) is 0 Å². The molecule has 0 amide bonds. The number of esters is 1. The number of pyridine rings is 1. The maximum absolute atomic E-state index is 13.0. The molecule has 0 unspecified atom stereocenters. The second-order valence-corrected chi connectivity index (χ2v) is 2.49. The lowest BCUT2D eigenvalue weighted by Crippen LogP contribution is -2.03. The largest absolute Gasteiger partial charge is 0.461 e. The van der Waals surface area contributed by atoms with Crippen molar-refractivity contribution in [2.75, 3.05) is 6.61 Å². The van der Waals surface area contributed by atoms with E-state index in [1.54, 1.807) is 19.1 Å². The molecule has 14 heavy (non-hydrogen) atoms. The zero-order valence-corrected chi connectivity index (χ0v) is 7.74. The molecule has 0 radical (unpaired) electrons. The zero-order valence-electron chi connectivity index (χ0n) is 7.74. The van der Waals surface area contributed by atoms with Gasteiger partial charge in [0.25, 0.3) is 0 Å². The molecule has 0 atom stereocenters. The Labute approximate surface area is 81.2 Å². The minimum Gasteiger partial charge on any atom is -0.461 e. The standard InChI is InChI=1S/C10H10FNO2/c1-2-14-10(13)9(11)7-8-3-5-12-6-4-8/h3-7H,2H2,1H3/b9-7-. The molecule has 0 bridgehead atoms. The van der Waals surface area contributed by atoms with Gasteiger partial charge < -0.3 is 4.74 Å². The van der Waals surface area contributed by atoms with E-state index in [1.807, 2.05) is 0 Å². The Morgan fingerprint density at radius 2 is 2.21 bits per heavy atom. The van der Waals surface area contributed by atoms with Crippen LogP contribution >= 0.6 is 0 Å². The average molecular weight is 195 g/mol. The van der Waals surface area contributed by atoms with Crippen LogP contribution in [-0.2, 0) is 9.53 Å². The van der Waals surface area contributed by atoms with Gasteiger partial charge in [-0.05, 0) is 30.7 Å². The number of rotatable bonds is 3. The molecule has 0 fully saturated rings. The molecule has 3 nitrogen and oxygen atoms in total. The molecular formula is C10H10FNO2. The van der Waals surface area contributed by atoms with Gasteiger partial charge in [0.1, 0.15) is 0 Å². The first-order chi connectivity index (χ1) is 6.74. The number of nitrogens with zero attached hydrogens (tertiary/aromatic N) is 1. The highest BCUT2D eigenvalue weighted by atomic mass is 19.1. The van der Waals surface area contributed by atoms with Crippen LogP contribution in [0.3, 0.4) is 0 Å². The Morgan fingerprint density at radius 3 is 2.79 bits per heavy atom. The van der Waals surface area contributed by atoms with Crippen LogP contribution in [0.25, 0.3) is 6.08 Å². The van der Waals surface area contributed by atoms with E-state index < -0.39 is 11.8 Å². The van der Waals surface area contributed by atoms with Crippen LogP contribution in [0, 0.1) is 0 Å². The van der Waals surface area contributed by atoms with E-state index in [0.717, 1.165) is 6.08 Å². The van der Waals surface area contributed by atoms with Gasteiger partial charge >= 0.3 is 5.97 Å². The fourth-order valence-electron chi connectivity index (χ4n) is 0.865. The van der Waals surface area contributed by atoms with E-state index in [1.165, 1.54) is 12.4 Å². The molecule has 1 aromatic heterocycles. The Bertz CT molecular complexity index is 335. The lowest BCUT2D eigenvalue weighted by Gasteiger charge is -1.98. The molecule has 0 aliphatic rings. The van der Waals surface area contributed by atoms with Gasteiger partial charge in [0, 0.05) is 12.4 Å². The van der Waals surface area contributed by atoms with Crippen molar-refractivity contribution in [1.82, 2.24) is 4.98 Å². The summed E-state index contributed by atoms with van der Waals surface area (Å²) in [6.07, 6.45) is 4.15. The van der Waals surface area contributed by atoms with Crippen LogP contribution < -0.4 is 0 Å². The van der Waals surface area contributed by atoms with Gasteiger partial charge in [-0.15, -0.1) is 0 Å². The van der Waals surface area contributed by atoms with E-state index in [-0.39, 0.29) is 6.61 Å². The highest BCUT2D eigenvalue weighted by Gasteiger charge is 2.08. The van der Waals surface area contributed by atoms with E-state index in [9.17, 15) is 9.18 Å². The predicted octanol–water partition coefficient (Wildman–Crippen LogP) is 1.96. The van der Waals surface area contributed by atoms with Crippen molar-refractivity contribution in [2.24, 2.45) is 0 Å². The molecule has 0 spiro atoms. The Morgan fingerprint density at radius 1 is 1.57 bits per heavy atom. The van der Waals surface area contributed by atoms with Crippen molar-refractivity contribution < 1.29 is 13.9 Å². The lowest BCUT2D eigenvalue weighted by molar-refractivity contribution is -0.140. The molecule has 74 valence electrons. The lowest BCUT2D eigenvalue weighted by atomic mass is 10.2. The van der Waals surface area contributed by atoms with Gasteiger partial charge in [-0.1, -0.05) is 0 Å². The van der Waals surface area contributed by atoms with Crippen molar-refractivity contribution in [3.63, 3.8) is 0 Å². The van der Waals surface area contributed by atoms with Crippen LogP contribution in [0.4, 0.5) is 4.39 Å². The van der Waals surface area contributed by atoms with Gasteiger partial charge in [-0.3, -0.25) is 4.98 Å². The number of carbonyl (C=O) groups is 1. The van der Waals surface area contributed by atoms with Gasteiger partial charge in [0.15, 0.2) is 0 Å². The number of hydrogen-bond acceptors (Lipinski definition) is 3. The maximum atomic E-state index is 13.0. The van der Waals surface area contributed by atoms with Gasteiger partial charge in [-0.2, -0.15) is 4.39 Å². The minimum atomic E-state index is -0.940. The first-order valence-electron chi connectivity index (χ1n) is 4.18. The number of carbonyl (C=O) groups excluding carboxylic acids is 1. The first kappa shape index (κ1) is 10.4. The third kappa shape index (κ3) is 2.97. The van der Waals surface area contributed by atoms with Crippen molar-refractivity contribution in [2.45, 2.75) is 6.92 Å². The van der Waals surface area contributed by atoms with Crippen molar-refractivity contribution in [3.05, 3.63) is 35.9 Å². The Balaban J connectivity index is 2.74. The van der Waals surface area contributed by atoms with Crippen LogP contribution in [0.5, 0.6) is 0 Å². The molecule has 0 aliphatic carbocycles. The highest BCUT2D eigenvalue weighted by Crippen LogP contribution is 2.08. The summed E-state index contributed by atoms with van der Waals surface area (Å²) in [5, 5.41) is 0. The van der Waals surface area contributed by atoms with Gasteiger partial charge in [0.05, 0.1) is 6.61 Å². The Hall–Kier alpha value is -1.71. The van der Waals surface area contributed by atoms with Crippen molar-refractivity contribution in [1.29, 1.82) is 0 Å². The van der Waals surface area contributed by atoms with Crippen LogP contribution in [0.15, 0.2) is 30.4 Å². The fraction of sp³-hybridized carbons (Fsp3) is 0.200. The van der Waals surface area contributed by atoms with Crippen LogP contribution in [0.1, 0.15) is 12.5 Å². The second-order valence-electron chi connectivity index (χ2n) is 2.49. The molecule has 0 aromatic carbocycles. The molecular weight excluding hydrogens is 185 g/mol. The summed E-state index contributed by atoms with van der Waals surface area (Å²) in [6, 6.07) is 3.19. The van der Waals surface area contributed by atoms with E-state index in [4.69, 9.17) is 0 Å². The SMILES string of the molecule is CCOC(=O)/C(F)=C/c1ccncc1. The molecule has 0 aliphatic heterocycles. The number of ether oxygens (including phenoxy) is 1. The van der Waals surface area contributed by atoms with Crippen LogP contribution in [-0.4, -0.2) is 17.6 Å². The minimum absolute atomic E-state index is 0.163. The van der Waals surface area contributed by atoms with Crippen LogP contribution in [0.2, 0.25) is 0 Å². The topological polar surface area (TPSA) is 39.2 Å². The zero-order chi connectivity index (χ0) is 10.4. The molecule has 0 N–H and O–H groups in total. The summed E-state index contributed by atoms with van der Waals surface area (Å²) in [6.45, 7) is 1.79. The molecule has 1 heterocycles. The Kier molecular flexibility index (Phi) is 3.79. The van der Waals surface area contributed by atoms with E-state index in [2.05, 4.69) is 9.72 Å². The molecule has 1 rings (SSSR count). The summed E-state index contributed by atoms with van der Waals surface area (Å²) in [4.78, 5) is 14.6. The molecule has 4 heteroatoms. The third-order valence-electron chi connectivity index (χ3n) is 1.47. The van der Waals surface area contributed by atoms with E-state index >= 15 is 0 Å². The third-order valence-corrected chi connectivity index (χ3v) is 1.47. The van der Waals surface area contributed by atoms with E-state index in [0.29, 0.717) is 5.56 Å². The fourth-order valence-corrected chi connectivity index (χ4v) is 0.865. The molecule has 0 saturated heterocycles. The smallest absolute Gasteiger partial charge is 0.367 e. The number of hydrogen-bond donors (Lipinski definition) is 0. The molecule has 0 saturated carbocycles. The maximum Gasteiger partial charge on any atom is 0.367 e. The van der Waals surface area contributed by atoms with Crippen molar-refractivity contribution >= 4 is 12.0 Å². The molecule has 1 aromatic rings. The monoisotopic (exact) mass is 195 g/mol. The first-order valence-corrected chi connectivity index (χ1v) is 4.18. The number of halogens is 1.